The minimum absolute atomic E-state index is 0.0535. The van der Waals surface area contributed by atoms with Crippen molar-refractivity contribution in [1.82, 2.24) is 15.0 Å². The molecule has 0 aliphatic heterocycles. The van der Waals surface area contributed by atoms with E-state index < -0.39 is 18.9 Å². The van der Waals surface area contributed by atoms with Crippen LogP contribution >= 0.6 is 0 Å². The number of carboxylic acid groups (broad SMARTS) is 1. The first-order chi connectivity index (χ1) is 14.2. The van der Waals surface area contributed by atoms with Gasteiger partial charge >= 0.3 is 12.3 Å². The molecule has 3 N–H and O–H groups in total. The molecule has 0 fully saturated rings. The first kappa shape index (κ1) is 20.8. The number of nitrogens with one attached hydrogen (secondary N) is 2. The van der Waals surface area contributed by atoms with E-state index in [4.69, 9.17) is 5.11 Å². The highest BCUT2D eigenvalue weighted by atomic mass is 19.4. The third-order valence-corrected chi connectivity index (χ3v) is 3.75. The van der Waals surface area contributed by atoms with Crippen LogP contribution in [0.2, 0.25) is 0 Å². The van der Waals surface area contributed by atoms with Gasteiger partial charge in [-0.05, 0) is 42.8 Å². The molecule has 0 radical (unpaired) electrons. The molecule has 3 rings (SSSR count). The number of nitrogens with zero attached hydrogens (tertiary/aromatic N) is 3. The van der Waals surface area contributed by atoms with Crippen molar-refractivity contribution in [2.24, 2.45) is 0 Å². The van der Waals surface area contributed by atoms with Gasteiger partial charge in [-0.1, -0.05) is 6.07 Å². The van der Waals surface area contributed by atoms with Gasteiger partial charge in [0.05, 0.1) is 11.4 Å². The third kappa shape index (κ3) is 5.80. The molecule has 0 saturated carbocycles. The molecule has 3 aromatic rings. The van der Waals surface area contributed by atoms with Gasteiger partial charge in [-0.2, -0.15) is 4.98 Å². The largest absolute Gasteiger partial charge is 0.573 e. The number of aliphatic carboxylic acids is 1. The van der Waals surface area contributed by atoms with Crippen LogP contribution in [0.3, 0.4) is 0 Å². The quantitative estimate of drug-likeness (QED) is 0.528. The zero-order valence-corrected chi connectivity index (χ0v) is 15.6. The van der Waals surface area contributed by atoms with E-state index in [1.54, 1.807) is 37.4 Å². The summed E-state index contributed by atoms with van der Waals surface area (Å²) in [5.41, 5.74) is 1.93. The molecular weight excluding hydrogens is 403 g/mol. The van der Waals surface area contributed by atoms with E-state index in [1.165, 1.54) is 18.2 Å². The summed E-state index contributed by atoms with van der Waals surface area (Å²) >= 11 is 0. The van der Waals surface area contributed by atoms with Crippen LogP contribution in [0, 0.1) is 6.92 Å². The van der Waals surface area contributed by atoms with Crippen LogP contribution in [0.1, 0.15) is 5.56 Å². The van der Waals surface area contributed by atoms with E-state index in [1.807, 2.05) is 0 Å². The summed E-state index contributed by atoms with van der Waals surface area (Å²) in [6.07, 6.45) is -3.20. The summed E-state index contributed by atoms with van der Waals surface area (Å²) in [5.74, 6) is -1.08. The Kier molecular flexibility index (Phi) is 6.00. The first-order valence-electron chi connectivity index (χ1n) is 8.59. The Labute approximate surface area is 168 Å². The fourth-order valence-corrected chi connectivity index (χ4v) is 2.50. The molecular formula is C19H16F3N5O3. The predicted octanol–water partition coefficient (Wildman–Crippen LogP) is 3.99. The fraction of sp³-hybridized carbons (Fsp3) is 0.158. The Morgan fingerprint density at radius 3 is 2.57 bits per heavy atom. The Morgan fingerprint density at radius 2 is 1.93 bits per heavy atom. The standard InChI is InChI=1S/C19H16F3N5O3/c1-11-8-12(30-19(20,21)22)5-6-13(11)25-16-9-15(14-4-2-3-7-23-14)26-18(27-16)24-10-17(28)29/h2-9H,10H2,1H3,(H,28,29)(H2,24,25,26,27). The second kappa shape index (κ2) is 8.64. The number of alkyl halides is 3. The number of hydrogen-bond donors (Lipinski definition) is 3. The average molecular weight is 419 g/mol. The summed E-state index contributed by atoms with van der Waals surface area (Å²) in [5, 5.41) is 14.5. The van der Waals surface area contributed by atoms with Gasteiger partial charge < -0.3 is 20.5 Å². The van der Waals surface area contributed by atoms with E-state index in [0.29, 0.717) is 28.5 Å². The molecule has 2 aromatic heterocycles. The number of aromatic nitrogens is 3. The highest BCUT2D eigenvalue weighted by Gasteiger charge is 2.31. The van der Waals surface area contributed by atoms with Gasteiger partial charge in [-0.15, -0.1) is 13.2 Å². The molecule has 11 heteroatoms. The average Bonchev–Trinajstić information content (AvgIpc) is 2.68. The SMILES string of the molecule is Cc1cc(OC(F)(F)F)ccc1Nc1cc(-c2ccccn2)nc(NCC(=O)O)n1. The van der Waals surface area contributed by atoms with Crippen molar-refractivity contribution >= 4 is 23.4 Å². The number of carboxylic acids is 1. The van der Waals surface area contributed by atoms with Crippen molar-refractivity contribution < 1.29 is 27.8 Å². The van der Waals surface area contributed by atoms with Gasteiger partial charge in [-0.3, -0.25) is 9.78 Å². The molecule has 0 saturated heterocycles. The Bertz CT molecular complexity index is 1050. The maximum absolute atomic E-state index is 12.4. The van der Waals surface area contributed by atoms with E-state index in [-0.39, 0.29) is 11.7 Å². The Hall–Kier alpha value is -3.89. The molecule has 0 aliphatic rings. The number of benzene rings is 1. The number of halogens is 3. The number of anilines is 3. The van der Waals surface area contributed by atoms with E-state index in [0.717, 1.165) is 0 Å². The highest BCUT2D eigenvalue weighted by molar-refractivity contribution is 5.73. The van der Waals surface area contributed by atoms with Gasteiger partial charge in [0, 0.05) is 18.0 Å². The van der Waals surface area contributed by atoms with Crippen LogP contribution in [-0.2, 0) is 4.79 Å². The highest BCUT2D eigenvalue weighted by Crippen LogP contribution is 2.29. The van der Waals surface area contributed by atoms with E-state index >= 15 is 0 Å². The molecule has 0 bridgehead atoms. The Morgan fingerprint density at radius 1 is 1.13 bits per heavy atom. The normalized spacial score (nSPS) is 11.1. The van der Waals surface area contributed by atoms with Crippen LogP contribution in [0.15, 0.2) is 48.7 Å². The zero-order chi connectivity index (χ0) is 21.7. The molecule has 0 spiro atoms. The molecule has 2 heterocycles. The fourth-order valence-electron chi connectivity index (χ4n) is 2.50. The van der Waals surface area contributed by atoms with Crippen molar-refractivity contribution in [2.75, 3.05) is 17.2 Å². The minimum atomic E-state index is -4.78. The maximum atomic E-state index is 12.4. The molecule has 0 amide bonds. The van der Waals surface area contributed by atoms with Crippen molar-refractivity contribution in [1.29, 1.82) is 0 Å². The van der Waals surface area contributed by atoms with Gasteiger partial charge in [0.15, 0.2) is 0 Å². The first-order valence-corrected chi connectivity index (χ1v) is 8.59. The predicted molar refractivity (Wildman–Crippen MR) is 103 cm³/mol. The lowest BCUT2D eigenvalue weighted by Gasteiger charge is -2.14. The maximum Gasteiger partial charge on any atom is 0.573 e. The number of rotatable bonds is 7. The van der Waals surface area contributed by atoms with Crippen LogP contribution in [-0.4, -0.2) is 38.9 Å². The van der Waals surface area contributed by atoms with Crippen molar-refractivity contribution in [3.05, 3.63) is 54.2 Å². The Balaban J connectivity index is 1.91. The number of hydrogen-bond acceptors (Lipinski definition) is 7. The zero-order valence-electron chi connectivity index (χ0n) is 15.6. The summed E-state index contributed by atoms with van der Waals surface area (Å²) in [7, 11) is 0. The second-order valence-corrected chi connectivity index (χ2v) is 6.07. The topological polar surface area (TPSA) is 109 Å². The van der Waals surface area contributed by atoms with E-state index in [2.05, 4.69) is 30.3 Å². The summed E-state index contributed by atoms with van der Waals surface area (Å²) in [4.78, 5) is 23.5. The molecule has 1 aromatic carbocycles. The molecule has 0 unspecified atom stereocenters. The second-order valence-electron chi connectivity index (χ2n) is 6.07. The lowest BCUT2D eigenvalue weighted by molar-refractivity contribution is -0.274. The number of aryl methyl sites for hydroxylation is 1. The van der Waals surface area contributed by atoms with Crippen molar-refractivity contribution in [2.45, 2.75) is 13.3 Å². The van der Waals surface area contributed by atoms with Crippen LogP contribution < -0.4 is 15.4 Å². The molecule has 156 valence electrons. The number of pyridine rings is 1. The van der Waals surface area contributed by atoms with Crippen molar-refractivity contribution in [3.8, 4) is 17.1 Å². The molecule has 0 aliphatic carbocycles. The van der Waals surface area contributed by atoms with Crippen LogP contribution in [0.4, 0.5) is 30.6 Å². The van der Waals surface area contributed by atoms with Crippen LogP contribution in [0.5, 0.6) is 5.75 Å². The van der Waals surface area contributed by atoms with Gasteiger partial charge in [0.2, 0.25) is 5.95 Å². The molecule has 0 atom stereocenters. The van der Waals surface area contributed by atoms with E-state index in [9.17, 15) is 18.0 Å². The smallest absolute Gasteiger partial charge is 0.480 e. The van der Waals surface area contributed by atoms with Gasteiger partial charge in [0.25, 0.3) is 0 Å². The summed E-state index contributed by atoms with van der Waals surface area (Å²) in [6, 6.07) is 10.7. The molecule has 8 nitrogen and oxygen atoms in total. The summed E-state index contributed by atoms with van der Waals surface area (Å²) in [6.45, 7) is 1.21. The van der Waals surface area contributed by atoms with Gasteiger partial charge in [-0.25, -0.2) is 4.98 Å². The minimum Gasteiger partial charge on any atom is -0.480 e. The van der Waals surface area contributed by atoms with Crippen molar-refractivity contribution in [3.63, 3.8) is 0 Å². The summed E-state index contributed by atoms with van der Waals surface area (Å²) < 4.78 is 41.1. The monoisotopic (exact) mass is 419 g/mol. The third-order valence-electron chi connectivity index (χ3n) is 3.75. The number of ether oxygens (including phenoxy) is 1. The number of carbonyl (C=O) groups is 1. The van der Waals surface area contributed by atoms with Gasteiger partial charge in [0.1, 0.15) is 18.1 Å². The van der Waals surface area contributed by atoms with Crippen LogP contribution in [0.25, 0.3) is 11.4 Å². The lowest BCUT2D eigenvalue weighted by Crippen LogP contribution is -2.17. The lowest BCUT2D eigenvalue weighted by atomic mass is 10.2. The molecule has 30 heavy (non-hydrogen) atoms.